The van der Waals surface area contributed by atoms with E-state index in [2.05, 4.69) is 5.32 Å². The van der Waals surface area contributed by atoms with E-state index < -0.39 is 5.54 Å². The molecule has 1 amide bonds. The Morgan fingerprint density at radius 1 is 1.38 bits per heavy atom. The van der Waals surface area contributed by atoms with Gasteiger partial charge in [-0.05, 0) is 44.4 Å². The van der Waals surface area contributed by atoms with Crippen LogP contribution in [0.25, 0.3) is 0 Å². The van der Waals surface area contributed by atoms with Crippen LogP contribution in [0.1, 0.15) is 51.2 Å². The quantitative estimate of drug-likeness (QED) is 0.821. The highest BCUT2D eigenvalue weighted by atomic mass is 35.5. The van der Waals surface area contributed by atoms with Crippen molar-refractivity contribution in [1.29, 1.82) is 0 Å². The molecule has 2 rings (SSSR count). The first-order chi connectivity index (χ1) is 10.8. The molecule has 1 aliphatic carbocycles. The Morgan fingerprint density at radius 3 is 2.54 bits per heavy atom. The summed E-state index contributed by atoms with van der Waals surface area (Å²) >= 11 is 5.93. The molecule has 0 radical (unpaired) electrons. The lowest BCUT2D eigenvalue weighted by atomic mass is 9.74. The first-order valence-corrected chi connectivity index (χ1v) is 8.60. The summed E-state index contributed by atoms with van der Waals surface area (Å²) in [7, 11) is 1.65. The van der Waals surface area contributed by atoms with E-state index in [9.17, 15) is 4.79 Å². The Kier molecular flexibility index (Phi) is 8.00. The summed E-state index contributed by atoms with van der Waals surface area (Å²) in [6, 6.07) is 7.36. The maximum Gasteiger partial charge on any atom is 0.225 e. The molecule has 0 aromatic heterocycles. The van der Waals surface area contributed by atoms with Gasteiger partial charge in [-0.3, -0.25) is 4.79 Å². The van der Waals surface area contributed by atoms with Crippen molar-refractivity contribution in [1.82, 2.24) is 5.32 Å². The monoisotopic (exact) mass is 374 g/mol. The summed E-state index contributed by atoms with van der Waals surface area (Å²) in [6.45, 7) is 3.94. The van der Waals surface area contributed by atoms with E-state index in [0.717, 1.165) is 31.2 Å². The first kappa shape index (κ1) is 21.2. The summed E-state index contributed by atoms with van der Waals surface area (Å²) in [5.41, 5.74) is 6.89. The van der Waals surface area contributed by atoms with Gasteiger partial charge in [-0.15, -0.1) is 12.4 Å². The van der Waals surface area contributed by atoms with E-state index in [1.807, 2.05) is 38.1 Å². The molecule has 0 heterocycles. The number of rotatable bonds is 5. The second-order valence-electron chi connectivity index (χ2n) is 6.81. The third-order valence-electron chi connectivity index (χ3n) is 4.85. The van der Waals surface area contributed by atoms with E-state index in [1.165, 1.54) is 0 Å². The fourth-order valence-electron chi connectivity index (χ4n) is 3.47. The van der Waals surface area contributed by atoms with Gasteiger partial charge in [-0.2, -0.15) is 0 Å². The molecule has 0 saturated heterocycles. The second-order valence-corrected chi connectivity index (χ2v) is 7.25. The van der Waals surface area contributed by atoms with Crippen LogP contribution in [-0.2, 0) is 9.53 Å². The molecule has 1 saturated carbocycles. The van der Waals surface area contributed by atoms with E-state index in [0.29, 0.717) is 5.02 Å². The van der Waals surface area contributed by atoms with Gasteiger partial charge < -0.3 is 15.8 Å². The van der Waals surface area contributed by atoms with E-state index in [4.69, 9.17) is 22.1 Å². The number of hydrogen-bond donors (Lipinski definition) is 2. The lowest BCUT2D eigenvalue weighted by Gasteiger charge is -2.38. The van der Waals surface area contributed by atoms with Crippen LogP contribution in [0.4, 0.5) is 0 Å². The van der Waals surface area contributed by atoms with Gasteiger partial charge in [0.1, 0.15) is 6.10 Å². The van der Waals surface area contributed by atoms with Gasteiger partial charge in [0.15, 0.2) is 0 Å². The summed E-state index contributed by atoms with van der Waals surface area (Å²) in [6.07, 6.45) is 3.68. The van der Waals surface area contributed by atoms with Crippen molar-refractivity contribution >= 4 is 29.9 Å². The average molecular weight is 375 g/mol. The maximum atomic E-state index is 12.7. The molecule has 136 valence electrons. The molecule has 24 heavy (non-hydrogen) atoms. The Hall–Kier alpha value is -0.810. The van der Waals surface area contributed by atoms with E-state index in [-0.39, 0.29) is 36.4 Å². The van der Waals surface area contributed by atoms with Gasteiger partial charge in [-0.1, -0.05) is 36.6 Å². The second kappa shape index (κ2) is 9.04. The van der Waals surface area contributed by atoms with Crippen LogP contribution in [0.2, 0.25) is 5.02 Å². The molecule has 4 nitrogen and oxygen atoms in total. The zero-order valence-electron chi connectivity index (χ0n) is 14.5. The largest absolute Gasteiger partial charge is 0.375 e. The van der Waals surface area contributed by atoms with Gasteiger partial charge in [-0.25, -0.2) is 0 Å². The molecule has 0 aliphatic heterocycles. The van der Waals surface area contributed by atoms with Gasteiger partial charge in [0.05, 0.1) is 12.0 Å². The fourth-order valence-corrected chi connectivity index (χ4v) is 3.60. The predicted molar refractivity (Wildman–Crippen MR) is 101 cm³/mol. The topological polar surface area (TPSA) is 64.3 Å². The van der Waals surface area contributed by atoms with Crippen molar-refractivity contribution in [2.75, 3.05) is 7.11 Å². The van der Waals surface area contributed by atoms with Crippen molar-refractivity contribution in [3.8, 4) is 0 Å². The number of benzene rings is 1. The molecule has 1 aromatic rings. The lowest BCUT2D eigenvalue weighted by Crippen LogP contribution is -2.54. The van der Waals surface area contributed by atoms with E-state index >= 15 is 0 Å². The number of carbonyl (C=O) groups is 1. The van der Waals surface area contributed by atoms with Crippen molar-refractivity contribution in [3.05, 3.63) is 34.9 Å². The molecule has 4 atom stereocenters. The van der Waals surface area contributed by atoms with Gasteiger partial charge >= 0.3 is 0 Å². The number of amides is 1. The highest BCUT2D eigenvalue weighted by Crippen LogP contribution is 2.32. The smallest absolute Gasteiger partial charge is 0.225 e. The third-order valence-corrected chi connectivity index (χ3v) is 5.10. The SMILES string of the molecule is COC(c1ccc(Cl)cc1)C(C)NC(=O)C1CCCCC1(C)N.Cl. The lowest BCUT2D eigenvalue weighted by molar-refractivity contribution is -0.129. The minimum absolute atomic E-state index is 0. The molecule has 1 aromatic carbocycles. The number of methoxy groups -OCH3 is 1. The Bertz CT molecular complexity index is 534. The molecule has 4 unspecified atom stereocenters. The maximum absolute atomic E-state index is 12.7. The number of hydrogen-bond acceptors (Lipinski definition) is 3. The minimum atomic E-state index is -0.426. The van der Waals surface area contributed by atoms with Gasteiger partial charge in [0.25, 0.3) is 0 Å². The first-order valence-electron chi connectivity index (χ1n) is 8.22. The van der Waals surface area contributed by atoms with Crippen molar-refractivity contribution in [3.63, 3.8) is 0 Å². The third kappa shape index (κ3) is 5.09. The molecule has 1 aliphatic rings. The molecule has 6 heteroatoms. The summed E-state index contributed by atoms with van der Waals surface area (Å²) in [5.74, 6) is -0.111. The van der Waals surface area contributed by atoms with Crippen molar-refractivity contribution in [2.24, 2.45) is 11.7 Å². The van der Waals surface area contributed by atoms with Gasteiger partial charge in [0.2, 0.25) is 5.91 Å². The predicted octanol–water partition coefficient (Wildman–Crippen LogP) is 3.86. The molecule has 0 spiro atoms. The van der Waals surface area contributed by atoms with Gasteiger partial charge in [0, 0.05) is 17.7 Å². The minimum Gasteiger partial charge on any atom is -0.375 e. The number of carbonyl (C=O) groups excluding carboxylic acids is 1. The zero-order chi connectivity index (χ0) is 17.0. The Labute approximate surface area is 155 Å². The normalized spacial score (nSPS) is 26.1. The number of ether oxygens (including phenoxy) is 1. The molecule has 1 fully saturated rings. The number of nitrogens with one attached hydrogen (secondary N) is 1. The Balaban J connectivity index is 0.00000288. The molecule has 0 bridgehead atoms. The van der Waals surface area contributed by atoms with Crippen molar-refractivity contribution < 1.29 is 9.53 Å². The summed E-state index contributed by atoms with van der Waals surface area (Å²) in [4.78, 5) is 12.7. The van der Waals surface area contributed by atoms with Crippen LogP contribution in [0.3, 0.4) is 0 Å². The fraction of sp³-hybridized carbons (Fsp3) is 0.611. The molecule has 3 N–H and O–H groups in total. The van der Waals surface area contributed by atoms with Crippen LogP contribution in [-0.4, -0.2) is 24.6 Å². The summed E-state index contributed by atoms with van der Waals surface area (Å²) < 4.78 is 5.59. The van der Waals surface area contributed by atoms with Crippen LogP contribution in [0.15, 0.2) is 24.3 Å². The van der Waals surface area contributed by atoms with Crippen LogP contribution >= 0.6 is 24.0 Å². The van der Waals surface area contributed by atoms with Crippen molar-refractivity contribution in [2.45, 2.75) is 57.2 Å². The van der Waals surface area contributed by atoms with Crippen LogP contribution in [0.5, 0.6) is 0 Å². The molecular formula is C18H28Cl2N2O2. The average Bonchev–Trinajstić information content (AvgIpc) is 2.49. The highest BCUT2D eigenvalue weighted by Gasteiger charge is 2.38. The number of nitrogens with two attached hydrogens (primary N) is 1. The molecular weight excluding hydrogens is 347 g/mol. The standard InChI is InChI=1S/C18H27ClN2O2.ClH/c1-12(16(23-3)13-7-9-14(19)10-8-13)21-17(22)15-6-4-5-11-18(15,2)20;/h7-10,12,15-16H,4-6,11,20H2,1-3H3,(H,21,22);1H. The zero-order valence-corrected chi connectivity index (χ0v) is 16.1. The summed E-state index contributed by atoms with van der Waals surface area (Å²) in [5, 5.41) is 3.77. The van der Waals surface area contributed by atoms with Crippen LogP contribution < -0.4 is 11.1 Å². The van der Waals surface area contributed by atoms with E-state index in [1.54, 1.807) is 7.11 Å². The number of halogens is 2. The Morgan fingerprint density at radius 2 is 2.00 bits per heavy atom. The van der Waals surface area contributed by atoms with Crippen LogP contribution in [0, 0.1) is 5.92 Å². The highest BCUT2D eigenvalue weighted by molar-refractivity contribution is 6.30.